The van der Waals surface area contributed by atoms with Gasteiger partial charge in [0, 0.05) is 10.9 Å². The van der Waals surface area contributed by atoms with Crippen LogP contribution in [-0.4, -0.2) is 21.8 Å². The summed E-state index contributed by atoms with van der Waals surface area (Å²) in [6.45, 7) is 0. The smallest absolute Gasteiger partial charge is 0.286 e. The van der Waals surface area contributed by atoms with Gasteiger partial charge in [-0.2, -0.15) is 0 Å². The van der Waals surface area contributed by atoms with Crippen molar-refractivity contribution >= 4 is 57.5 Å². The van der Waals surface area contributed by atoms with Crippen LogP contribution in [0.25, 0.3) is 10.9 Å². The maximum Gasteiger partial charge on any atom is 0.286 e. The van der Waals surface area contributed by atoms with E-state index in [-0.39, 0.29) is 16.3 Å². The predicted octanol–water partition coefficient (Wildman–Crippen LogP) is 3.60. The first-order valence-corrected chi connectivity index (χ1v) is 7.77. The Morgan fingerprint density at radius 3 is 2.46 bits per heavy atom. The third-order valence-corrected chi connectivity index (χ3v) is 4.13. The zero-order chi connectivity index (χ0) is 17.3. The number of H-pyrrole nitrogens is 1. The average Bonchev–Trinajstić information content (AvgIpc) is 2.98. The largest absolute Gasteiger partial charge is 0.349 e. The van der Waals surface area contributed by atoms with Gasteiger partial charge in [0.15, 0.2) is 0 Å². The molecular formula is C15H9Cl3N4O2. The van der Waals surface area contributed by atoms with Crippen molar-refractivity contribution in [2.75, 3.05) is 0 Å². The Morgan fingerprint density at radius 1 is 0.958 bits per heavy atom. The molecule has 122 valence electrons. The van der Waals surface area contributed by atoms with Gasteiger partial charge in [-0.05, 0) is 30.3 Å². The summed E-state index contributed by atoms with van der Waals surface area (Å²) in [5.74, 6) is -1.04. The molecule has 24 heavy (non-hydrogen) atoms. The lowest BCUT2D eigenvalue weighted by Crippen LogP contribution is -2.41. The van der Waals surface area contributed by atoms with E-state index in [0.717, 1.165) is 5.39 Å². The summed E-state index contributed by atoms with van der Waals surface area (Å²) in [5.41, 5.74) is 5.77. The van der Waals surface area contributed by atoms with E-state index in [1.54, 1.807) is 12.1 Å². The summed E-state index contributed by atoms with van der Waals surface area (Å²) in [6.07, 6.45) is 1.52. The Labute approximate surface area is 151 Å². The molecule has 0 fully saturated rings. The fourth-order valence-corrected chi connectivity index (χ4v) is 2.48. The molecule has 0 aliphatic carbocycles. The normalized spacial score (nSPS) is 10.6. The zero-order valence-corrected chi connectivity index (χ0v) is 14.1. The second kappa shape index (κ2) is 6.68. The number of aromatic nitrogens is 2. The van der Waals surface area contributed by atoms with Crippen LogP contribution < -0.4 is 10.9 Å². The Morgan fingerprint density at radius 2 is 1.71 bits per heavy atom. The number of nitrogens with one attached hydrogen (secondary N) is 3. The molecule has 3 aromatic rings. The topological polar surface area (TPSA) is 86.9 Å². The number of carbonyl (C=O) groups excluding carboxylic acids is 2. The molecule has 2 aromatic heterocycles. The standard InChI is InChI=1S/C15H9Cl3N4O2/c16-9-2-1-7(3-10(9)17)14(23)21-22-15(24)11-4-8-5-13(18)19-6-12(8)20-11/h1-6,20H,(H,21,23)(H,22,24). The van der Waals surface area contributed by atoms with Crippen LogP contribution >= 0.6 is 34.8 Å². The van der Waals surface area contributed by atoms with Crippen LogP contribution in [0.4, 0.5) is 0 Å². The van der Waals surface area contributed by atoms with Gasteiger partial charge in [-0.3, -0.25) is 20.4 Å². The minimum atomic E-state index is -0.525. The minimum Gasteiger partial charge on any atom is -0.349 e. The Kier molecular flexibility index (Phi) is 4.62. The zero-order valence-electron chi connectivity index (χ0n) is 11.9. The van der Waals surface area contributed by atoms with Crippen molar-refractivity contribution in [2.45, 2.75) is 0 Å². The lowest BCUT2D eigenvalue weighted by Gasteiger charge is -2.07. The molecule has 9 heteroatoms. The van der Waals surface area contributed by atoms with Crippen molar-refractivity contribution in [2.24, 2.45) is 0 Å². The first-order chi connectivity index (χ1) is 11.4. The molecule has 3 rings (SSSR count). The molecule has 2 heterocycles. The molecular weight excluding hydrogens is 375 g/mol. The second-order valence-electron chi connectivity index (χ2n) is 4.81. The number of nitrogens with zero attached hydrogens (tertiary/aromatic N) is 1. The first kappa shape index (κ1) is 16.6. The van der Waals surface area contributed by atoms with E-state index >= 15 is 0 Å². The van der Waals surface area contributed by atoms with Crippen LogP contribution in [0.1, 0.15) is 20.8 Å². The molecule has 0 saturated heterocycles. The second-order valence-corrected chi connectivity index (χ2v) is 6.02. The van der Waals surface area contributed by atoms with Gasteiger partial charge >= 0.3 is 0 Å². The highest BCUT2D eigenvalue weighted by Gasteiger charge is 2.13. The highest BCUT2D eigenvalue weighted by molar-refractivity contribution is 6.42. The van der Waals surface area contributed by atoms with E-state index in [4.69, 9.17) is 34.8 Å². The monoisotopic (exact) mass is 382 g/mol. The molecule has 0 bridgehead atoms. The summed E-state index contributed by atoms with van der Waals surface area (Å²) >= 11 is 17.4. The summed E-state index contributed by atoms with van der Waals surface area (Å²) in [6, 6.07) is 7.62. The number of amides is 2. The van der Waals surface area contributed by atoms with Gasteiger partial charge in [-0.25, -0.2) is 4.98 Å². The van der Waals surface area contributed by atoms with Crippen LogP contribution in [0.15, 0.2) is 36.5 Å². The van der Waals surface area contributed by atoms with Crippen molar-refractivity contribution in [3.05, 3.63) is 63.0 Å². The van der Waals surface area contributed by atoms with E-state index < -0.39 is 11.8 Å². The van der Waals surface area contributed by atoms with Crippen molar-refractivity contribution in [1.29, 1.82) is 0 Å². The van der Waals surface area contributed by atoms with Crippen LogP contribution in [0.2, 0.25) is 15.2 Å². The van der Waals surface area contributed by atoms with E-state index in [9.17, 15) is 9.59 Å². The summed E-state index contributed by atoms with van der Waals surface area (Å²) in [5, 5.41) is 1.63. The summed E-state index contributed by atoms with van der Waals surface area (Å²) < 4.78 is 0. The Balaban J connectivity index is 1.69. The third-order valence-electron chi connectivity index (χ3n) is 3.19. The van der Waals surface area contributed by atoms with E-state index in [2.05, 4.69) is 20.8 Å². The predicted molar refractivity (Wildman–Crippen MR) is 92.5 cm³/mol. The first-order valence-electron chi connectivity index (χ1n) is 6.64. The number of hydrogen-bond acceptors (Lipinski definition) is 3. The van der Waals surface area contributed by atoms with Gasteiger partial charge < -0.3 is 4.98 Å². The maximum atomic E-state index is 12.1. The number of halogens is 3. The number of pyridine rings is 1. The highest BCUT2D eigenvalue weighted by atomic mass is 35.5. The van der Waals surface area contributed by atoms with Gasteiger partial charge in [-0.15, -0.1) is 0 Å². The van der Waals surface area contributed by atoms with Crippen molar-refractivity contribution < 1.29 is 9.59 Å². The van der Waals surface area contributed by atoms with Crippen molar-refractivity contribution in [3.8, 4) is 0 Å². The van der Waals surface area contributed by atoms with E-state index in [1.807, 2.05) is 0 Å². The molecule has 6 nitrogen and oxygen atoms in total. The fraction of sp³-hybridized carbons (Fsp3) is 0. The lowest BCUT2D eigenvalue weighted by molar-refractivity contribution is 0.0844. The van der Waals surface area contributed by atoms with E-state index in [0.29, 0.717) is 15.7 Å². The number of hydrazine groups is 1. The minimum absolute atomic E-state index is 0.246. The third kappa shape index (κ3) is 3.46. The van der Waals surface area contributed by atoms with Gasteiger partial charge in [0.05, 0.1) is 21.8 Å². The number of carbonyl (C=O) groups is 2. The SMILES string of the molecule is O=C(NNC(=O)c1cc2cc(Cl)ncc2[nH]1)c1ccc(Cl)c(Cl)c1. The fourth-order valence-electron chi connectivity index (χ4n) is 2.02. The number of benzene rings is 1. The Hall–Kier alpha value is -2.28. The molecule has 1 aromatic carbocycles. The quantitative estimate of drug-likeness (QED) is 0.467. The molecule has 0 spiro atoms. The summed E-state index contributed by atoms with van der Waals surface area (Å²) in [7, 11) is 0. The van der Waals surface area contributed by atoms with Gasteiger partial charge in [0.2, 0.25) is 0 Å². The summed E-state index contributed by atoms with van der Waals surface area (Å²) in [4.78, 5) is 30.9. The van der Waals surface area contributed by atoms with Crippen molar-refractivity contribution in [3.63, 3.8) is 0 Å². The molecule has 0 saturated carbocycles. The molecule has 0 aliphatic rings. The van der Waals surface area contributed by atoms with Crippen LogP contribution in [0, 0.1) is 0 Å². The number of aromatic amines is 1. The highest BCUT2D eigenvalue weighted by Crippen LogP contribution is 2.22. The maximum absolute atomic E-state index is 12.1. The molecule has 0 radical (unpaired) electrons. The van der Waals surface area contributed by atoms with Gasteiger partial charge in [0.1, 0.15) is 10.8 Å². The molecule has 3 N–H and O–H groups in total. The van der Waals surface area contributed by atoms with Crippen LogP contribution in [-0.2, 0) is 0 Å². The number of fused-ring (bicyclic) bond motifs is 1. The van der Waals surface area contributed by atoms with E-state index in [1.165, 1.54) is 24.4 Å². The van der Waals surface area contributed by atoms with Crippen molar-refractivity contribution in [1.82, 2.24) is 20.8 Å². The molecule has 0 aliphatic heterocycles. The van der Waals surface area contributed by atoms with Crippen LogP contribution in [0.5, 0.6) is 0 Å². The number of rotatable bonds is 2. The Bertz CT molecular complexity index is 955. The molecule has 0 atom stereocenters. The van der Waals surface area contributed by atoms with Gasteiger partial charge in [-0.1, -0.05) is 34.8 Å². The van der Waals surface area contributed by atoms with Gasteiger partial charge in [0.25, 0.3) is 11.8 Å². The molecule has 0 unspecified atom stereocenters. The number of hydrogen-bond donors (Lipinski definition) is 3. The molecule has 2 amide bonds. The lowest BCUT2D eigenvalue weighted by atomic mass is 10.2. The van der Waals surface area contributed by atoms with Crippen LogP contribution in [0.3, 0.4) is 0 Å². The average molecular weight is 384 g/mol.